The lowest BCUT2D eigenvalue weighted by atomic mass is 10.0. The van der Waals surface area contributed by atoms with E-state index in [2.05, 4.69) is 29.8 Å². The average Bonchev–Trinajstić information content (AvgIpc) is 3.05. The minimum atomic E-state index is -0.537. The molecule has 3 N–H and O–H groups in total. The molecule has 0 aliphatic heterocycles. The molecule has 0 fully saturated rings. The summed E-state index contributed by atoms with van der Waals surface area (Å²) >= 11 is 1.33. The van der Waals surface area contributed by atoms with E-state index in [1.54, 1.807) is 85.8 Å². The Labute approximate surface area is 267 Å². The Kier molecular flexibility index (Phi) is 11.3. The van der Waals surface area contributed by atoms with Gasteiger partial charge in [-0.05, 0) is 78.6 Å². The largest absolute Gasteiger partial charge is 0.465 e. The quantitative estimate of drug-likeness (QED) is 0.0933. The maximum absolute atomic E-state index is 13.4. The summed E-state index contributed by atoms with van der Waals surface area (Å²) in [4.78, 5) is 52.1. The zero-order valence-corrected chi connectivity index (χ0v) is 26.3. The molecule has 0 saturated heterocycles. The van der Waals surface area contributed by atoms with Gasteiger partial charge in [-0.2, -0.15) is 0 Å². The zero-order valence-electron chi connectivity index (χ0n) is 25.5. The number of hydrogen-bond donors (Lipinski definition) is 3. The maximum Gasteiger partial charge on any atom is 0.339 e. The molecule has 9 heteroatoms. The minimum Gasteiger partial charge on any atom is -0.465 e. The second-order valence-electron chi connectivity index (χ2n) is 10.5. The predicted octanol–water partition coefficient (Wildman–Crippen LogP) is 7.13. The van der Waals surface area contributed by atoms with Crippen molar-refractivity contribution in [3.63, 3.8) is 0 Å². The standard InChI is InChI=1S/C36H35N3O5S/c1-23(2)26-16-14-25(15-17-26)22-32(39-34(41)27-10-6-5-7-11-27)35(42)37-28-18-20-29(21-19-28)45-24(3)33(40)38-31-13-9-8-12-30(31)36(43)44-4/h5-24H,1-4H3,(H,37,42)(H,38,40)(H,39,41)/b32-22-. The summed E-state index contributed by atoms with van der Waals surface area (Å²) in [6.07, 6.45) is 1.64. The summed E-state index contributed by atoms with van der Waals surface area (Å²) in [6.45, 7) is 5.97. The van der Waals surface area contributed by atoms with Gasteiger partial charge in [0.25, 0.3) is 11.8 Å². The van der Waals surface area contributed by atoms with Crippen LogP contribution in [0.2, 0.25) is 0 Å². The molecule has 8 nitrogen and oxygen atoms in total. The van der Waals surface area contributed by atoms with Crippen molar-refractivity contribution in [3.8, 4) is 0 Å². The molecule has 1 atom stereocenters. The number of rotatable bonds is 11. The summed E-state index contributed by atoms with van der Waals surface area (Å²) in [5.74, 6) is -1.33. The molecule has 0 aromatic heterocycles. The van der Waals surface area contributed by atoms with Crippen LogP contribution < -0.4 is 16.0 Å². The highest BCUT2D eigenvalue weighted by Gasteiger charge is 2.19. The van der Waals surface area contributed by atoms with Gasteiger partial charge < -0.3 is 20.7 Å². The predicted molar refractivity (Wildman–Crippen MR) is 179 cm³/mol. The first kappa shape index (κ1) is 32.8. The molecule has 230 valence electrons. The molecule has 0 aliphatic carbocycles. The molecule has 45 heavy (non-hydrogen) atoms. The molecule has 0 heterocycles. The number of hydrogen-bond acceptors (Lipinski definition) is 6. The Morgan fingerprint density at radius 1 is 0.756 bits per heavy atom. The first-order valence-corrected chi connectivity index (χ1v) is 15.3. The normalized spacial score (nSPS) is 11.8. The van der Waals surface area contributed by atoms with E-state index in [0.29, 0.717) is 22.9 Å². The molecule has 4 rings (SSSR count). The highest BCUT2D eigenvalue weighted by molar-refractivity contribution is 8.00. The van der Waals surface area contributed by atoms with Crippen LogP contribution in [0, 0.1) is 0 Å². The number of thioether (sulfide) groups is 1. The fourth-order valence-corrected chi connectivity index (χ4v) is 5.14. The molecule has 1 unspecified atom stereocenters. The van der Waals surface area contributed by atoms with Gasteiger partial charge in [0.2, 0.25) is 5.91 Å². The van der Waals surface area contributed by atoms with Crippen LogP contribution >= 0.6 is 11.8 Å². The van der Waals surface area contributed by atoms with Crippen molar-refractivity contribution in [3.05, 3.63) is 131 Å². The molecular formula is C36H35N3O5S. The van der Waals surface area contributed by atoms with Crippen LogP contribution in [0.5, 0.6) is 0 Å². The first-order chi connectivity index (χ1) is 21.6. The van der Waals surface area contributed by atoms with E-state index >= 15 is 0 Å². The summed E-state index contributed by atoms with van der Waals surface area (Å²) in [7, 11) is 1.29. The topological polar surface area (TPSA) is 114 Å². The molecule has 4 aromatic rings. The molecular weight excluding hydrogens is 586 g/mol. The van der Waals surface area contributed by atoms with Crippen molar-refractivity contribution >= 4 is 52.9 Å². The lowest BCUT2D eigenvalue weighted by Gasteiger charge is -2.15. The van der Waals surface area contributed by atoms with E-state index in [1.165, 1.54) is 24.4 Å². The number of ether oxygens (including phenoxy) is 1. The van der Waals surface area contributed by atoms with Gasteiger partial charge >= 0.3 is 5.97 Å². The van der Waals surface area contributed by atoms with Gasteiger partial charge in [-0.3, -0.25) is 14.4 Å². The first-order valence-electron chi connectivity index (χ1n) is 14.4. The molecule has 0 aliphatic rings. The van der Waals surface area contributed by atoms with Crippen LogP contribution in [0.3, 0.4) is 0 Å². The van der Waals surface area contributed by atoms with E-state index in [1.807, 2.05) is 30.3 Å². The van der Waals surface area contributed by atoms with Crippen molar-refractivity contribution in [2.75, 3.05) is 17.7 Å². The Hall–Kier alpha value is -5.15. The third-order valence-corrected chi connectivity index (χ3v) is 7.94. The average molecular weight is 622 g/mol. The van der Waals surface area contributed by atoms with E-state index in [-0.39, 0.29) is 17.2 Å². The maximum atomic E-state index is 13.4. The van der Waals surface area contributed by atoms with E-state index in [0.717, 1.165) is 10.5 Å². The number of benzene rings is 4. The van der Waals surface area contributed by atoms with Crippen molar-refractivity contribution in [1.82, 2.24) is 5.32 Å². The van der Waals surface area contributed by atoms with Gasteiger partial charge in [-0.1, -0.05) is 68.4 Å². The van der Waals surface area contributed by atoms with Crippen LogP contribution in [0.4, 0.5) is 11.4 Å². The zero-order chi connectivity index (χ0) is 32.3. The Morgan fingerprint density at radius 2 is 1.40 bits per heavy atom. The number of nitrogens with one attached hydrogen (secondary N) is 3. The van der Waals surface area contributed by atoms with Gasteiger partial charge in [-0.15, -0.1) is 11.8 Å². The van der Waals surface area contributed by atoms with Crippen molar-refractivity contribution in [1.29, 1.82) is 0 Å². The molecule has 3 amide bonds. The van der Waals surface area contributed by atoms with Crippen LogP contribution in [0.15, 0.2) is 114 Å². The van der Waals surface area contributed by atoms with Crippen LogP contribution in [-0.4, -0.2) is 36.1 Å². The third kappa shape index (κ3) is 9.17. The molecule has 0 bridgehead atoms. The highest BCUT2D eigenvalue weighted by atomic mass is 32.2. The fourth-order valence-electron chi connectivity index (χ4n) is 4.27. The van der Waals surface area contributed by atoms with Gasteiger partial charge in [0.05, 0.1) is 23.6 Å². The summed E-state index contributed by atoms with van der Waals surface area (Å²) in [6, 6.07) is 30.2. The Bertz CT molecular complexity index is 1680. The highest BCUT2D eigenvalue weighted by Crippen LogP contribution is 2.27. The molecule has 0 radical (unpaired) electrons. The summed E-state index contributed by atoms with van der Waals surface area (Å²) in [5, 5.41) is 7.92. The van der Waals surface area contributed by atoms with Crippen LogP contribution in [0.1, 0.15) is 58.5 Å². The smallest absolute Gasteiger partial charge is 0.339 e. The number of carbonyl (C=O) groups is 4. The van der Waals surface area contributed by atoms with E-state index in [4.69, 9.17) is 4.74 Å². The third-order valence-electron chi connectivity index (χ3n) is 6.83. The number of anilines is 2. The van der Waals surface area contributed by atoms with Gasteiger partial charge in [0.15, 0.2) is 0 Å². The van der Waals surface area contributed by atoms with Gasteiger partial charge in [0, 0.05) is 16.1 Å². The van der Waals surface area contributed by atoms with Crippen molar-refractivity contribution < 1.29 is 23.9 Å². The van der Waals surface area contributed by atoms with Crippen molar-refractivity contribution in [2.24, 2.45) is 0 Å². The van der Waals surface area contributed by atoms with E-state index in [9.17, 15) is 19.2 Å². The second kappa shape index (κ2) is 15.5. The number of methoxy groups -OCH3 is 1. The number of amides is 3. The molecule has 0 spiro atoms. The van der Waals surface area contributed by atoms with E-state index < -0.39 is 23.0 Å². The Balaban J connectivity index is 1.44. The number of para-hydroxylation sites is 1. The molecule has 4 aromatic carbocycles. The van der Waals surface area contributed by atoms with Crippen LogP contribution in [0.25, 0.3) is 6.08 Å². The van der Waals surface area contributed by atoms with Gasteiger partial charge in [-0.25, -0.2) is 4.79 Å². The van der Waals surface area contributed by atoms with Gasteiger partial charge in [0.1, 0.15) is 5.70 Å². The number of esters is 1. The van der Waals surface area contributed by atoms with Crippen LogP contribution in [-0.2, 0) is 14.3 Å². The lowest BCUT2D eigenvalue weighted by Crippen LogP contribution is -2.30. The number of carbonyl (C=O) groups excluding carboxylic acids is 4. The minimum absolute atomic E-state index is 0.0946. The Morgan fingerprint density at radius 3 is 2.04 bits per heavy atom. The lowest BCUT2D eigenvalue weighted by molar-refractivity contribution is -0.115. The SMILES string of the molecule is COC(=O)c1ccccc1NC(=O)C(C)Sc1ccc(NC(=O)/C(=C/c2ccc(C(C)C)cc2)NC(=O)c2ccccc2)cc1. The monoisotopic (exact) mass is 621 g/mol. The fraction of sp³-hybridized carbons (Fsp3) is 0.167. The summed E-state index contributed by atoms with van der Waals surface area (Å²) in [5.41, 5.74) is 3.62. The summed E-state index contributed by atoms with van der Waals surface area (Å²) < 4.78 is 4.80. The molecule has 0 saturated carbocycles. The van der Waals surface area contributed by atoms with Crippen molar-refractivity contribution in [2.45, 2.75) is 36.8 Å². The second-order valence-corrected chi connectivity index (χ2v) is 11.9.